The maximum atomic E-state index is 5.43. The van der Waals surface area contributed by atoms with Gasteiger partial charge in [-0.15, -0.1) is 0 Å². The standard InChI is InChI=1S/C11H22BrNO/c1-11(2,14-3)6-8-13-7-4-5-10(13)9-12/h10H,4-9H2,1-3H3. The summed E-state index contributed by atoms with van der Waals surface area (Å²) in [6.07, 6.45) is 3.81. The maximum Gasteiger partial charge on any atom is 0.0634 e. The first-order valence-electron chi connectivity index (χ1n) is 5.44. The highest BCUT2D eigenvalue weighted by Crippen LogP contribution is 2.21. The number of rotatable bonds is 5. The SMILES string of the molecule is COC(C)(C)CCN1CCCC1CBr. The van der Waals surface area contributed by atoms with Crippen molar-refractivity contribution in [1.82, 2.24) is 4.90 Å². The van der Waals surface area contributed by atoms with E-state index in [9.17, 15) is 0 Å². The van der Waals surface area contributed by atoms with Crippen LogP contribution in [0.5, 0.6) is 0 Å². The Labute approximate surface area is 96.1 Å². The van der Waals surface area contributed by atoms with Gasteiger partial charge in [0.1, 0.15) is 0 Å². The summed E-state index contributed by atoms with van der Waals surface area (Å²) in [5, 5.41) is 1.11. The molecule has 84 valence electrons. The molecule has 1 aliphatic rings. The quantitative estimate of drug-likeness (QED) is 0.708. The largest absolute Gasteiger partial charge is 0.379 e. The Morgan fingerprint density at radius 1 is 1.50 bits per heavy atom. The van der Waals surface area contributed by atoms with Gasteiger partial charge in [0, 0.05) is 25.0 Å². The molecule has 0 aromatic rings. The highest BCUT2D eigenvalue weighted by Gasteiger charge is 2.25. The molecule has 1 atom stereocenters. The summed E-state index contributed by atoms with van der Waals surface area (Å²) in [6.45, 7) is 6.74. The summed E-state index contributed by atoms with van der Waals surface area (Å²) >= 11 is 3.58. The average Bonchev–Trinajstić information content (AvgIpc) is 2.62. The van der Waals surface area contributed by atoms with Crippen molar-refractivity contribution < 1.29 is 4.74 Å². The van der Waals surface area contributed by atoms with Gasteiger partial charge in [0.15, 0.2) is 0 Å². The summed E-state index contributed by atoms with van der Waals surface area (Å²) < 4.78 is 5.43. The van der Waals surface area contributed by atoms with Crippen molar-refractivity contribution in [2.75, 3.05) is 25.5 Å². The van der Waals surface area contributed by atoms with Crippen LogP contribution in [0.3, 0.4) is 0 Å². The fraction of sp³-hybridized carbons (Fsp3) is 1.00. The number of ether oxygens (including phenoxy) is 1. The van der Waals surface area contributed by atoms with Crippen molar-refractivity contribution in [2.24, 2.45) is 0 Å². The molecule has 0 aromatic heterocycles. The Bertz CT molecular complexity index is 173. The van der Waals surface area contributed by atoms with Gasteiger partial charge in [-0.05, 0) is 39.7 Å². The molecule has 0 amide bonds. The van der Waals surface area contributed by atoms with Crippen molar-refractivity contribution in [1.29, 1.82) is 0 Å². The van der Waals surface area contributed by atoms with Crippen molar-refractivity contribution in [3.8, 4) is 0 Å². The van der Waals surface area contributed by atoms with Crippen LogP contribution in [0.2, 0.25) is 0 Å². The van der Waals surface area contributed by atoms with Crippen molar-refractivity contribution in [3.05, 3.63) is 0 Å². The second-order valence-electron chi connectivity index (χ2n) is 4.70. The Morgan fingerprint density at radius 2 is 2.21 bits per heavy atom. The second kappa shape index (κ2) is 5.47. The first-order valence-corrected chi connectivity index (χ1v) is 6.56. The molecule has 0 spiro atoms. The van der Waals surface area contributed by atoms with Crippen LogP contribution in [0.25, 0.3) is 0 Å². The van der Waals surface area contributed by atoms with Crippen LogP contribution < -0.4 is 0 Å². The third kappa shape index (κ3) is 3.52. The van der Waals surface area contributed by atoms with Crippen LogP contribution in [0.15, 0.2) is 0 Å². The molecule has 1 fully saturated rings. The van der Waals surface area contributed by atoms with E-state index in [0.717, 1.165) is 24.3 Å². The summed E-state index contributed by atoms with van der Waals surface area (Å²) in [5.74, 6) is 0. The van der Waals surface area contributed by atoms with Gasteiger partial charge >= 0.3 is 0 Å². The van der Waals surface area contributed by atoms with Crippen LogP contribution in [0.1, 0.15) is 33.1 Å². The number of methoxy groups -OCH3 is 1. The van der Waals surface area contributed by atoms with Gasteiger partial charge in [0.25, 0.3) is 0 Å². The predicted molar refractivity (Wildman–Crippen MR) is 64.1 cm³/mol. The van der Waals surface area contributed by atoms with Crippen molar-refractivity contribution in [3.63, 3.8) is 0 Å². The van der Waals surface area contributed by atoms with Gasteiger partial charge in [-0.3, -0.25) is 4.90 Å². The fourth-order valence-electron chi connectivity index (χ4n) is 1.88. The normalized spacial score (nSPS) is 24.4. The Morgan fingerprint density at radius 3 is 2.79 bits per heavy atom. The minimum atomic E-state index is 0.0272. The van der Waals surface area contributed by atoms with Gasteiger partial charge in [0.2, 0.25) is 0 Å². The lowest BCUT2D eigenvalue weighted by atomic mass is 10.0. The highest BCUT2D eigenvalue weighted by molar-refractivity contribution is 9.09. The van der Waals surface area contributed by atoms with Gasteiger partial charge in [-0.1, -0.05) is 15.9 Å². The number of hydrogen-bond acceptors (Lipinski definition) is 2. The van der Waals surface area contributed by atoms with Gasteiger partial charge in [-0.2, -0.15) is 0 Å². The predicted octanol–water partition coefficient (Wildman–Crippen LogP) is 2.66. The number of alkyl halides is 1. The minimum Gasteiger partial charge on any atom is -0.379 e. The lowest BCUT2D eigenvalue weighted by molar-refractivity contribution is 0.00712. The number of likely N-dealkylation sites (tertiary alicyclic amines) is 1. The van der Waals surface area contributed by atoms with Crippen LogP contribution in [0, 0.1) is 0 Å². The molecular formula is C11H22BrNO. The van der Waals surface area contributed by atoms with E-state index in [1.165, 1.54) is 19.4 Å². The molecule has 1 unspecified atom stereocenters. The van der Waals surface area contributed by atoms with E-state index < -0.39 is 0 Å². The van der Waals surface area contributed by atoms with E-state index in [1.807, 2.05) is 0 Å². The van der Waals surface area contributed by atoms with Crippen LogP contribution in [-0.4, -0.2) is 42.1 Å². The summed E-state index contributed by atoms with van der Waals surface area (Å²) in [5.41, 5.74) is 0.0272. The van der Waals surface area contributed by atoms with Crippen LogP contribution in [0.4, 0.5) is 0 Å². The molecule has 1 saturated heterocycles. The van der Waals surface area contributed by atoms with E-state index in [2.05, 4.69) is 34.7 Å². The average molecular weight is 264 g/mol. The third-order valence-corrected chi connectivity index (χ3v) is 3.98. The molecule has 0 N–H and O–H groups in total. The molecule has 1 aliphatic heterocycles. The van der Waals surface area contributed by atoms with Crippen LogP contribution >= 0.6 is 15.9 Å². The summed E-state index contributed by atoms with van der Waals surface area (Å²) in [7, 11) is 1.80. The zero-order valence-electron chi connectivity index (χ0n) is 9.55. The van der Waals surface area contributed by atoms with Gasteiger partial charge in [0.05, 0.1) is 5.60 Å². The molecule has 0 aromatic carbocycles. The first kappa shape index (κ1) is 12.5. The molecule has 14 heavy (non-hydrogen) atoms. The zero-order valence-corrected chi connectivity index (χ0v) is 11.1. The molecule has 0 saturated carbocycles. The summed E-state index contributed by atoms with van der Waals surface area (Å²) in [6, 6.07) is 0.752. The van der Waals surface area contributed by atoms with Crippen molar-refractivity contribution >= 4 is 15.9 Å². The molecular weight excluding hydrogens is 242 g/mol. The molecule has 1 rings (SSSR count). The lowest BCUT2D eigenvalue weighted by Gasteiger charge is -2.28. The number of nitrogens with zero attached hydrogens (tertiary/aromatic N) is 1. The van der Waals surface area contributed by atoms with E-state index in [0.29, 0.717) is 0 Å². The first-order chi connectivity index (χ1) is 6.59. The van der Waals surface area contributed by atoms with Crippen LogP contribution in [-0.2, 0) is 4.74 Å². The fourth-order valence-corrected chi connectivity index (χ4v) is 2.61. The van der Waals surface area contributed by atoms with E-state index in [4.69, 9.17) is 4.74 Å². The zero-order chi connectivity index (χ0) is 10.6. The van der Waals surface area contributed by atoms with E-state index >= 15 is 0 Å². The van der Waals surface area contributed by atoms with Crippen molar-refractivity contribution in [2.45, 2.75) is 44.8 Å². The molecule has 0 bridgehead atoms. The monoisotopic (exact) mass is 263 g/mol. The van der Waals surface area contributed by atoms with Gasteiger partial charge in [-0.25, -0.2) is 0 Å². The molecule has 0 radical (unpaired) electrons. The number of hydrogen-bond donors (Lipinski definition) is 0. The maximum absolute atomic E-state index is 5.43. The topological polar surface area (TPSA) is 12.5 Å². The van der Waals surface area contributed by atoms with E-state index in [1.54, 1.807) is 7.11 Å². The number of halogens is 1. The molecule has 3 heteroatoms. The lowest BCUT2D eigenvalue weighted by Crippen LogP contribution is -2.36. The molecule has 0 aliphatic carbocycles. The summed E-state index contributed by atoms with van der Waals surface area (Å²) in [4.78, 5) is 2.58. The third-order valence-electron chi connectivity index (χ3n) is 3.23. The minimum absolute atomic E-state index is 0.0272. The van der Waals surface area contributed by atoms with E-state index in [-0.39, 0.29) is 5.60 Å². The Kier molecular flexibility index (Phi) is 4.88. The van der Waals surface area contributed by atoms with Gasteiger partial charge < -0.3 is 4.74 Å². The Hall–Kier alpha value is 0.400. The smallest absolute Gasteiger partial charge is 0.0634 e. The molecule has 1 heterocycles. The molecule has 2 nitrogen and oxygen atoms in total. The second-order valence-corrected chi connectivity index (χ2v) is 5.35. The Balaban J connectivity index is 2.30. The highest BCUT2D eigenvalue weighted by atomic mass is 79.9.